The van der Waals surface area contributed by atoms with Gasteiger partial charge in [-0.3, -0.25) is 0 Å². The van der Waals surface area contributed by atoms with Crippen LogP contribution in [0.15, 0.2) is 18.2 Å². The molecule has 0 aromatic heterocycles. The summed E-state index contributed by atoms with van der Waals surface area (Å²) in [5, 5.41) is 3.42. The van der Waals surface area contributed by atoms with Crippen LogP contribution in [-0.2, 0) is 6.42 Å². The standard InChI is InChI=1S/C15H25N/c1-5-6-7-15(16-4)11-14-9-12(2)8-13(3)10-14/h8-10,15-16H,5-7,11H2,1-4H3. The van der Waals surface area contributed by atoms with Gasteiger partial charge in [0.15, 0.2) is 0 Å². The fourth-order valence-corrected chi connectivity index (χ4v) is 2.27. The van der Waals surface area contributed by atoms with Crippen LogP contribution < -0.4 is 5.32 Å². The van der Waals surface area contributed by atoms with E-state index < -0.39 is 0 Å². The number of hydrogen-bond donors (Lipinski definition) is 1. The molecule has 1 aromatic rings. The maximum absolute atomic E-state index is 3.42. The highest BCUT2D eigenvalue weighted by Crippen LogP contribution is 2.13. The molecule has 1 unspecified atom stereocenters. The van der Waals surface area contributed by atoms with Crippen molar-refractivity contribution in [2.75, 3.05) is 7.05 Å². The first-order chi connectivity index (χ1) is 7.65. The van der Waals surface area contributed by atoms with E-state index in [1.165, 1.54) is 36.0 Å². The molecule has 0 saturated heterocycles. The second kappa shape index (κ2) is 6.70. The lowest BCUT2D eigenvalue weighted by atomic mass is 9.98. The molecule has 0 radical (unpaired) electrons. The van der Waals surface area contributed by atoms with Crippen LogP contribution in [0.1, 0.15) is 42.9 Å². The highest BCUT2D eigenvalue weighted by molar-refractivity contribution is 5.29. The molecule has 0 aliphatic rings. The highest BCUT2D eigenvalue weighted by atomic mass is 14.9. The van der Waals surface area contributed by atoms with Gasteiger partial charge in [-0.2, -0.15) is 0 Å². The monoisotopic (exact) mass is 219 g/mol. The molecule has 1 N–H and O–H groups in total. The van der Waals surface area contributed by atoms with Gasteiger partial charge in [0.05, 0.1) is 0 Å². The molecule has 1 aromatic carbocycles. The molecule has 0 aliphatic carbocycles. The van der Waals surface area contributed by atoms with Crippen molar-refractivity contribution in [3.8, 4) is 0 Å². The van der Waals surface area contributed by atoms with E-state index in [1.54, 1.807) is 0 Å². The molecule has 90 valence electrons. The minimum absolute atomic E-state index is 0.626. The van der Waals surface area contributed by atoms with E-state index in [4.69, 9.17) is 0 Å². The third-order valence-electron chi connectivity index (χ3n) is 3.08. The third-order valence-corrected chi connectivity index (χ3v) is 3.08. The smallest absolute Gasteiger partial charge is 0.0104 e. The molecule has 1 atom stereocenters. The van der Waals surface area contributed by atoms with Crippen LogP contribution in [0, 0.1) is 13.8 Å². The molecule has 1 heteroatoms. The van der Waals surface area contributed by atoms with Gasteiger partial charge >= 0.3 is 0 Å². The average Bonchev–Trinajstić information content (AvgIpc) is 2.22. The van der Waals surface area contributed by atoms with Crippen LogP contribution >= 0.6 is 0 Å². The number of unbranched alkanes of at least 4 members (excludes halogenated alkanes) is 1. The van der Waals surface area contributed by atoms with Gasteiger partial charge in [-0.15, -0.1) is 0 Å². The predicted octanol–water partition coefficient (Wildman–Crippen LogP) is 3.62. The molecule has 0 saturated carbocycles. The summed E-state index contributed by atoms with van der Waals surface area (Å²) in [5.74, 6) is 0. The first-order valence-corrected chi connectivity index (χ1v) is 6.40. The summed E-state index contributed by atoms with van der Waals surface area (Å²) in [7, 11) is 2.07. The first-order valence-electron chi connectivity index (χ1n) is 6.40. The Morgan fingerprint density at radius 1 is 1.12 bits per heavy atom. The quantitative estimate of drug-likeness (QED) is 0.770. The van der Waals surface area contributed by atoms with Gasteiger partial charge in [0.25, 0.3) is 0 Å². The zero-order valence-corrected chi connectivity index (χ0v) is 11.1. The number of benzene rings is 1. The van der Waals surface area contributed by atoms with Gasteiger partial charge < -0.3 is 5.32 Å². The van der Waals surface area contributed by atoms with E-state index in [0.29, 0.717) is 6.04 Å². The minimum Gasteiger partial charge on any atom is -0.317 e. The van der Waals surface area contributed by atoms with E-state index in [2.05, 4.69) is 51.3 Å². The van der Waals surface area contributed by atoms with Crippen molar-refractivity contribution in [1.82, 2.24) is 5.32 Å². The Bertz CT molecular complexity index is 297. The highest BCUT2D eigenvalue weighted by Gasteiger charge is 2.07. The van der Waals surface area contributed by atoms with Crippen molar-refractivity contribution in [3.63, 3.8) is 0 Å². The third kappa shape index (κ3) is 4.36. The lowest BCUT2D eigenvalue weighted by molar-refractivity contribution is 0.498. The van der Waals surface area contributed by atoms with Gasteiger partial charge in [-0.25, -0.2) is 0 Å². The van der Waals surface area contributed by atoms with E-state index in [0.717, 1.165) is 6.42 Å². The molecular formula is C15H25N. The van der Waals surface area contributed by atoms with E-state index >= 15 is 0 Å². The van der Waals surface area contributed by atoms with Crippen LogP contribution in [0.5, 0.6) is 0 Å². The number of likely N-dealkylation sites (N-methyl/N-ethyl adjacent to an activating group) is 1. The number of aryl methyl sites for hydroxylation is 2. The maximum Gasteiger partial charge on any atom is 0.0104 e. The molecule has 1 rings (SSSR count). The number of hydrogen-bond acceptors (Lipinski definition) is 1. The Morgan fingerprint density at radius 2 is 1.75 bits per heavy atom. The Kier molecular flexibility index (Phi) is 5.54. The van der Waals surface area contributed by atoms with Crippen molar-refractivity contribution in [2.45, 2.75) is 52.5 Å². The molecule has 0 bridgehead atoms. The van der Waals surface area contributed by atoms with Crippen LogP contribution in [0.3, 0.4) is 0 Å². The summed E-state index contributed by atoms with van der Waals surface area (Å²) >= 11 is 0. The summed E-state index contributed by atoms with van der Waals surface area (Å²) in [6.45, 7) is 6.61. The molecule has 0 spiro atoms. The minimum atomic E-state index is 0.626. The Balaban J connectivity index is 2.62. The van der Waals surface area contributed by atoms with Crippen LogP contribution in [0.2, 0.25) is 0 Å². The lowest BCUT2D eigenvalue weighted by Gasteiger charge is -2.16. The number of nitrogens with one attached hydrogen (secondary N) is 1. The molecule has 0 heterocycles. The van der Waals surface area contributed by atoms with Crippen LogP contribution in [-0.4, -0.2) is 13.1 Å². The van der Waals surface area contributed by atoms with Gasteiger partial charge in [0.2, 0.25) is 0 Å². The van der Waals surface area contributed by atoms with Gasteiger partial charge in [-0.1, -0.05) is 49.1 Å². The zero-order chi connectivity index (χ0) is 12.0. The van der Waals surface area contributed by atoms with E-state index in [9.17, 15) is 0 Å². The van der Waals surface area contributed by atoms with Gasteiger partial charge in [0.1, 0.15) is 0 Å². The van der Waals surface area contributed by atoms with Crippen molar-refractivity contribution in [3.05, 3.63) is 34.9 Å². The molecule has 0 aliphatic heterocycles. The summed E-state index contributed by atoms with van der Waals surface area (Å²) in [6.07, 6.45) is 5.03. The molecular weight excluding hydrogens is 194 g/mol. The van der Waals surface area contributed by atoms with Crippen LogP contribution in [0.4, 0.5) is 0 Å². The predicted molar refractivity (Wildman–Crippen MR) is 72.0 cm³/mol. The fraction of sp³-hybridized carbons (Fsp3) is 0.600. The average molecular weight is 219 g/mol. The second-order valence-electron chi connectivity index (χ2n) is 4.83. The zero-order valence-electron chi connectivity index (χ0n) is 11.1. The van der Waals surface area contributed by atoms with E-state index in [-0.39, 0.29) is 0 Å². The van der Waals surface area contributed by atoms with Crippen molar-refractivity contribution in [1.29, 1.82) is 0 Å². The van der Waals surface area contributed by atoms with Crippen molar-refractivity contribution >= 4 is 0 Å². The fourth-order valence-electron chi connectivity index (χ4n) is 2.27. The SMILES string of the molecule is CCCCC(Cc1cc(C)cc(C)c1)NC. The van der Waals surface area contributed by atoms with Crippen molar-refractivity contribution < 1.29 is 0 Å². The number of rotatable bonds is 6. The molecule has 16 heavy (non-hydrogen) atoms. The molecule has 1 nitrogen and oxygen atoms in total. The van der Waals surface area contributed by atoms with Crippen LogP contribution in [0.25, 0.3) is 0 Å². The van der Waals surface area contributed by atoms with Gasteiger partial charge in [0, 0.05) is 6.04 Å². The van der Waals surface area contributed by atoms with Gasteiger partial charge in [-0.05, 0) is 39.3 Å². The topological polar surface area (TPSA) is 12.0 Å². The summed E-state index contributed by atoms with van der Waals surface area (Å²) in [5.41, 5.74) is 4.22. The summed E-state index contributed by atoms with van der Waals surface area (Å²) < 4.78 is 0. The van der Waals surface area contributed by atoms with E-state index in [1.807, 2.05) is 0 Å². The molecule has 0 amide bonds. The Hall–Kier alpha value is -0.820. The van der Waals surface area contributed by atoms with Crippen molar-refractivity contribution in [2.24, 2.45) is 0 Å². The summed E-state index contributed by atoms with van der Waals surface area (Å²) in [6, 6.07) is 7.48. The first kappa shape index (κ1) is 13.2. The lowest BCUT2D eigenvalue weighted by Crippen LogP contribution is -2.27. The summed E-state index contributed by atoms with van der Waals surface area (Å²) in [4.78, 5) is 0. The second-order valence-corrected chi connectivity index (χ2v) is 4.83. The maximum atomic E-state index is 3.42. The molecule has 0 fully saturated rings. The largest absolute Gasteiger partial charge is 0.317 e. The normalized spacial score (nSPS) is 12.8. The Labute approximate surface area is 100 Å². The Morgan fingerprint density at radius 3 is 2.25 bits per heavy atom.